The minimum absolute atomic E-state index is 0.102. The average molecular weight is 565 g/mol. The fraction of sp³-hybridized carbons (Fsp3) is 0.419. The summed E-state index contributed by atoms with van der Waals surface area (Å²) in [7, 11) is 4.47. The van der Waals surface area contributed by atoms with Gasteiger partial charge in [0, 0.05) is 10.4 Å². The zero-order chi connectivity index (χ0) is 28.6. The van der Waals surface area contributed by atoms with Gasteiger partial charge in [0.1, 0.15) is 16.9 Å². The van der Waals surface area contributed by atoms with Gasteiger partial charge in [-0.15, -0.1) is 11.3 Å². The summed E-state index contributed by atoms with van der Waals surface area (Å²) < 4.78 is 22.0. The molecule has 1 aliphatic carbocycles. The van der Waals surface area contributed by atoms with Crippen molar-refractivity contribution in [3.8, 4) is 23.0 Å². The van der Waals surface area contributed by atoms with Crippen LogP contribution in [0.5, 0.6) is 23.0 Å². The van der Waals surface area contributed by atoms with Gasteiger partial charge in [-0.2, -0.15) is 0 Å². The number of nitrogens with one attached hydrogen (secondary N) is 2. The SMILES string of the molecule is CCC(C)(C)C1CCc2c(sc3c2C(=O)NC(c2ccccc2OC(=O)c2cc(OC)c(OC)c(OC)c2)N3)C1. The molecule has 0 spiro atoms. The molecule has 2 aromatic carbocycles. The van der Waals surface area contributed by atoms with Crippen LogP contribution < -0.4 is 29.6 Å². The molecular formula is C31H36N2O6S. The molecule has 40 heavy (non-hydrogen) atoms. The van der Waals surface area contributed by atoms with E-state index in [-0.39, 0.29) is 16.9 Å². The quantitative estimate of drug-likeness (QED) is 0.242. The third kappa shape index (κ3) is 4.98. The van der Waals surface area contributed by atoms with Gasteiger partial charge in [-0.25, -0.2) is 4.79 Å². The maximum Gasteiger partial charge on any atom is 0.343 e. The monoisotopic (exact) mass is 564 g/mol. The largest absolute Gasteiger partial charge is 0.493 e. The Kier molecular flexibility index (Phi) is 7.68. The highest BCUT2D eigenvalue weighted by Gasteiger charge is 2.38. The third-order valence-electron chi connectivity index (χ3n) is 8.39. The Morgan fingerprint density at radius 2 is 1.73 bits per heavy atom. The highest BCUT2D eigenvalue weighted by atomic mass is 32.1. The molecule has 212 valence electrons. The van der Waals surface area contributed by atoms with Crippen molar-refractivity contribution in [3.05, 3.63) is 63.5 Å². The smallest absolute Gasteiger partial charge is 0.343 e. The summed E-state index contributed by atoms with van der Waals surface area (Å²) >= 11 is 1.68. The molecule has 0 fully saturated rings. The van der Waals surface area contributed by atoms with Crippen LogP contribution in [0.3, 0.4) is 0 Å². The second-order valence-corrected chi connectivity index (χ2v) is 12.0. The fourth-order valence-electron chi connectivity index (χ4n) is 5.58. The Bertz CT molecular complexity index is 1420. The Balaban J connectivity index is 1.40. The molecule has 1 amide bonds. The summed E-state index contributed by atoms with van der Waals surface area (Å²) in [6, 6.07) is 10.3. The number of carbonyl (C=O) groups excluding carboxylic acids is 2. The maximum atomic E-state index is 13.4. The highest BCUT2D eigenvalue weighted by Crippen LogP contribution is 2.47. The van der Waals surface area contributed by atoms with Crippen LogP contribution in [0.15, 0.2) is 36.4 Å². The van der Waals surface area contributed by atoms with Crippen LogP contribution in [0.1, 0.15) is 76.5 Å². The van der Waals surface area contributed by atoms with Crippen LogP contribution in [0, 0.1) is 11.3 Å². The lowest BCUT2D eigenvalue weighted by Crippen LogP contribution is -2.38. The van der Waals surface area contributed by atoms with Crippen molar-refractivity contribution in [1.82, 2.24) is 5.32 Å². The number of amides is 1. The molecule has 0 saturated carbocycles. The molecular weight excluding hydrogens is 528 g/mol. The van der Waals surface area contributed by atoms with E-state index in [4.69, 9.17) is 18.9 Å². The first-order valence-corrected chi connectivity index (χ1v) is 14.3. The molecule has 2 aliphatic rings. The molecule has 0 bridgehead atoms. The Labute approximate surface area is 239 Å². The minimum Gasteiger partial charge on any atom is -0.493 e. The number of para-hydroxylation sites is 1. The number of thiophene rings is 1. The van der Waals surface area contributed by atoms with Gasteiger partial charge < -0.3 is 29.6 Å². The summed E-state index contributed by atoms with van der Waals surface area (Å²) in [4.78, 5) is 27.9. The normalized spacial score (nSPS) is 18.1. The van der Waals surface area contributed by atoms with Gasteiger partial charge in [0.15, 0.2) is 11.5 Å². The lowest BCUT2D eigenvalue weighted by Gasteiger charge is -2.36. The summed E-state index contributed by atoms with van der Waals surface area (Å²) in [5.74, 6) is 1.33. The first-order valence-electron chi connectivity index (χ1n) is 13.5. The number of rotatable bonds is 8. The number of esters is 1. The van der Waals surface area contributed by atoms with Crippen LogP contribution in [-0.4, -0.2) is 33.2 Å². The van der Waals surface area contributed by atoms with Gasteiger partial charge in [0.05, 0.1) is 32.5 Å². The Morgan fingerprint density at radius 1 is 1.02 bits per heavy atom. The lowest BCUT2D eigenvalue weighted by molar-refractivity contribution is 0.0731. The van der Waals surface area contributed by atoms with Crippen LogP contribution in [0.25, 0.3) is 0 Å². The molecule has 1 aromatic heterocycles. The zero-order valence-electron chi connectivity index (χ0n) is 23.8. The topological polar surface area (TPSA) is 95.1 Å². The van der Waals surface area contributed by atoms with E-state index in [0.717, 1.165) is 36.2 Å². The summed E-state index contributed by atoms with van der Waals surface area (Å²) in [5.41, 5.74) is 3.09. The summed E-state index contributed by atoms with van der Waals surface area (Å²) in [6.45, 7) is 6.93. The second-order valence-electron chi connectivity index (χ2n) is 10.9. The lowest BCUT2D eigenvalue weighted by atomic mass is 9.69. The predicted octanol–water partition coefficient (Wildman–Crippen LogP) is 6.39. The number of carbonyl (C=O) groups is 2. The Hall–Kier alpha value is -3.72. The van der Waals surface area contributed by atoms with Gasteiger partial charge in [-0.05, 0) is 54.4 Å². The van der Waals surface area contributed by atoms with Gasteiger partial charge in [0.25, 0.3) is 5.91 Å². The van der Waals surface area contributed by atoms with Crippen LogP contribution in [0.2, 0.25) is 0 Å². The number of benzene rings is 2. The molecule has 2 atom stereocenters. The van der Waals surface area contributed by atoms with E-state index in [1.807, 2.05) is 12.1 Å². The minimum atomic E-state index is -0.592. The molecule has 0 saturated heterocycles. The van der Waals surface area contributed by atoms with Crippen molar-refractivity contribution in [3.63, 3.8) is 0 Å². The van der Waals surface area contributed by atoms with E-state index in [2.05, 4.69) is 31.4 Å². The van der Waals surface area contributed by atoms with Crippen molar-refractivity contribution >= 4 is 28.2 Å². The number of fused-ring (bicyclic) bond motifs is 3. The number of hydrogen-bond donors (Lipinski definition) is 2. The van der Waals surface area contributed by atoms with E-state index in [9.17, 15) is 9.59 Å². The first kappa shape index (κ1) is 27.8. The van der Waals surface area contributed by atoms with Crippen molar-refractivity contribution < 1.29 is 28.5 Å². The van der Waals surface area contributed by atoms with Crippen LogP contribution >= 0.6 is 11.3 Å². The highest BCUT2D eigenvalue weighted by molar-refractivity contribution is 7.16. The standard InChI is InChI=1S/C31H36N2O6S/c1-7-31(2,3)18-12-13-20-24(16-18)40-29-25(20)28(34)32-27(33-29)19-10-8-9-11-21(19)39-30(35)17-14-22(36-4)26(38-6)23(15-17)37-5/h8-11,14-15,18,27,33H,7,12-13,16H2,1-6H3,(H,32,34). The van der Waals surface area contributed by atoms with E-state index < -0.39 is 12.1 Å². The van der Waals surface area contributed by atoms with Gasteiger partial charge in [-0.1, -0.05) is 45.4 Å². The van der Waals surface area contributed by atoms with E-state index >= 15 is 0 Å². The van der Waals surface area contributed by atoms with E-state index in [1.54, 1.807) is 35.6 Å². The molecule has 9 heteroatoms. The van der Waals surface area contributed by atoms with Gasteiger partial charge in [0.2, 0.25) is 5.75 Å². The average Bonchev–Trinajstić information content (AvgIpc) is 3.34. The van der Waals surface area contributed by atoms with Crippen molar-refractivity contribution in [1.29, 1.82) is 0 Å². The predicted molar refractivity (Wildman–Crippen MR) is 155 cm³/mol. The van der Waals surface area contributed by atoms with E-state index in [0.29, 0.717) is 34.5 Å². The Morgan fingerprint density at radius 3 is 2.38 bits per heavy atom. The van der Waals surface area contributed by atoms with Crippen LogP contribution in [0.4, 0.5) is 5.00 Å². The van der Waals surface area contributed by atoms with Crippen molar-refractivity contribution in [2.45, 2.75) is 52.6 Å². The molecule has 0 radical (unpaired) electrons. The fourth-order valence-corrected chi connectivity index (χ4v) is 6.93. The number of anilines is 1. The molecule has 2 N–H and O–H groups in total. The molecule has 5 rings (SSSR count). The molecule has 3 aromatic rings. The van der Waals surface area contributed by atoms with Gasteiger partial charge >= 0.3 is 5.97 Å². The second kappa shape index (κ2) is 11.0. The van der Waals surface area contributed by atoms with Gasteiger partial charge in [-0.3, -0.25) is 4.79 Å². The maximum absolute atomic E-state index is 13.4. The number of methoxy groups -OCH3 is 3. The zero-order valence-corrected chi connectivity index (χ0v) is 24.6. The van der Waals surface area contributed by atoms with Crippen molar-refractivity contribution in [2.24, 2.45) is 11.3 Å². The van der Waals surface area contributed by atoms with Crippen LogP contribution in [-0.2, 0) is 12.8 Å². The third-order valence-corrected chi connectivity index (χ3v) is 9.58. The molecule has 2 heterocycles. The molecule has 8 nitrogen and oxygen atoms in total. The summed E-state index contributed by atoms with van der Waals surface area (Å²) in [6.07, 6.45) is 3.58. The first-order chi connectivity index (χ1) is 19.2. The summed E-state index contributed by atoms with van der Waals surface area (Å²) in [5, 5.41) is 7.48. The molecule has 1 aliphatic heterocycles. The number of hydrogen-bond acceptors (Lipinski definition) is 8. The molecule has 2 unspecified atom stereocenters. The van der Waals surface area contributed by atoms with Crippen molar-refractivity contribution in [2.75, 3.05) is 26.6 Å². The van der Waals surface area contributed by atoms with E-state index in [1.165, 1.54) is 31.8 Å². The number of ether oxygens (including phenoxy) is 4.